The Hall–Kier alpha value is -2.89. The highest BCUT2D eigenvalue weighted by Crippen LogP contribution is 2.32. The summed E-state index contributed by atoms with van der Waals surface area (Å²) >= 11 is 0. The molecule has 6 heteroatoms. The highest BCUT2D eigenvalue weighted by atomic mass is 16.5. The molecule has 2 aromatic heterocycles. The number of aryl methyl sites for hydroxylation is 1. The highest BCUT2D eigenvalue weighted by Gasteiger charge is 2.16. The Morgan fingerprint density at radius 2 is 2.10 bits per heavy atom. The minimum absolute atomic E-state index is 0.0160. The van der Waals surface area contributed by atoms with E-state index in [4.69, 9.17) is 9.26 Å². The summed E-state index contributed by atoms with van der Waals surface area (Å²) in [4.78, 5) is 8.52. The van der Waals surface area contributed by atoms with Crippen LogP contribution >= 0.6 is 0 Å². The second-order valence-electron chi connectivity index (χ2n) is 4.48. The van der Waals surface area contributed by atoms with E-state index in [1.807, 2.05) is 19.1 Å². The summed E-state index contributed by atoms with van der Waals surface area (Å²) in [6.07, 6.45) is 1.67. The Morgan fingerprint density at radius 3 is 2.81 bits per heavy atom. The minimum atomic E-state index is 0.0160. The summed E-state index contributed by atoms with van der Waals surface area (Å²) in [7, 11) is 1.53. The molecule has 0 aliphatic heterocycles. The Morgan fingerprint density at radius 1 is 1.24 bits per heavy atom. The van der Waals surface area contributed by atoms with Crippen LogP contribution in [0, 0.1) is 6.92 Å². The fraction of sp³-hybridized carbons (Fsp3) is 0.133. The van der Waals surface area contributed by atoms with Gasteiger partial charge in [0.25, 0.3) is 5.89 Å². The summed E-state index contributed by atoms with van der Waals surface area (Å²) in [6, 6.07) is 8.63. The number of rotatable bonds is 3. The van der Waals surface area contributed by atoms with Crippen LogP contribution < -0.4 is 4.74 Å². The standard InChI is InChI=1S/C15H13N3O3/c1-9-4-3-7-16-13(9)14-17-15(21-18-14)11-6-5-10(20-2)8-12(11)19/h3-8,19H,1-2H3. The van der Waals surface area contributed by atoms with Gasteiger partial charge < -0.3 is 14.4 Å². The predicted molar refractivity (Wildman–Crippen MR) is 75.9 cm³/mol. The molecule has 0 aliphatic carbocycles. The van der Waals surface area contributed by atoms with Gasteiger partial charge >= 0.3 is 0 Å². The summed E-state index contributed by atoms with van der Waals surface area (Å²) in [6.45, 7) is 1.92. The van der Waals surface area contributed by atoms with Crippen LogP contribution in [0.25, 0.3) is 23.0 Å². The fourth-order valence-electron chi connectivity index (χ4n) is 1.97. The van der Waals surface area contributed by atoms with Crippen molar-refractivity contribution >= 4 is 0 Å². The van der Waals surface area contributed by atoms with E-state index in [9.17, 15) is 5.11 Å². The van der Waals surface area contributed by atoms with Gasteiger partial charge in [0.1, 0.15) is 17.2 Å². The second kappa shape index (κ2) is 5.24. The highest BCUT2D eigenvalue weighted by molar-refractivity contribution is 5.66. The Balaban J connectivity index is 2.01. The number of pyridine rings is 1. The maximum atomic E-state index is 9.99. The van der Waals surface area contributed by atoms with E-state index in [1.165, 1.54) is 13.2 Å². The number of hydrogen-bond donors (Lipinski definition) is 1. The number of hydrogen-bond acceptors (Lipinski definition) is 6. The molecule has 0 saturated heterocycles. The largest absolute Gasteiger partial charge is 0.507 e. The van der Waals surface area contributed by atoms with E-state index >= 15 is 0 Å². The van der Waals surface area contributed by atoms with Crippen LogP contribution in [-0.2, 0) is 0 Å². The van der Waals surface area contributed by atoms with Gasteiger partial charge in [-0.1, -0.05) is 11.2 Å². The molecule has 1 N–H and O–H groups in total. The van der Waals surface area contributed by atoms with Gasteiger partial charge in [-0.15, -0.1) is 0 Å². The molecule has 0 bridgehead atoms. The first-order chi connectivity index (χ1) is 10.2. The van der Waals surface area contributed by atoms with E-state index in [1.54, 1.807) is 18.3 Å². The van der Waals surface area contributed by atoms with Crippen LogP contribution in [0.3, 0.4) is 0 Å². The third-order valence-corrected chi connectivity index (χ3v) is 3.08. The van der Waals surface area contributed by atoms with Crippen LogP contribution in [0.1, 0.15) is 5.56 Å². The zero-order valence-corrected chi connectivity index (χ0v) is 11.6. The normalized spacial score (nSPS) is 10.6. The lowest BCUT2D eigenvalue weighted by molar-refractivity contribution is 0.405. The molecule has 2 heterocycles. The molecule has 0 aliphatic rings. The number of ether oxygens (including phenoxy) is 1. The first-order valence-corrected chi connectivity index (χ1v) is 6.32. The SMILES string of the molecule is COc1ccc(-c2nc(-c3ncccc3C)no2)c(O)c1. The average molecular weight is 283 g/mol. The molecule has 0 amide bonds. The van der Waals surface area contributed by atoms with Gasteiger partial charge in [-0.25, -0.2) is 0 Å². The number of phenols is 1. The van der Waals surface area contributed by atoms with Crippen molar-refractivity contribution in [2.45, 2.75) is 6.92 Å². The number of aromatic hydroxyl groups is 1. The van der Waals surface area contributed by atoms with Gasteiger partial charge in [0.05, 0.1) is 12.7 Å². The molecular weight excluding hydrogens is 270 g/mol. The molecule has 0 saturated carbocycles. The van der Waals surface area contributed by atoms with Crippen molar-refractivity contribution in [2.24, 2.45) is 0 Å². The maximum absolute atomic E-state index is 9.99. The predicted octanol–water partition coefficient (Wildman–Crippen LogP) is 2.82. The third-order valence-electron chi connectivity index (χ3n) is 3.08. The molecule has 106 valence electrons. The molecule has 3 rings (SSSR count). The van der Waals surface area contributed by atoms with Crippen molar-refractivity contribution < 1.29 is 14.4 Å². The van der Waals surface area contributed by atoms with Gasteiger partial charge in [0.15, 0.2) is 0 Å². The number of benzene rings is 1. The maximum Gasteiger partial charge on any atom is 0.262 e. The smallest absolute Gasteiger partial charge is 0.262 e. The number of nitrogens with zero attached hydrogens (tertiary/aromatic N) is 3. The van der Waals surface area contributed by atoms with Crippen LogP contribution in [0.4, 0.5) is 0 Å². The average Bonchev–Trinajstić information content (AvgIpc) is 2.97. The van der Waals surface area contributed by atoms with Crippen molar-refractivity contribution in [3.05, 3.63) is 42.1 Å². The summed E-state index contributed by atoms with van der Waals surface area (Å²) in [5.74, 6) is 1.19. The van der Waals surface area contributed by atoms with Crippen molar-refractivity contribution in [1.82, 2.24) is 15.1 Å². The van der Waals surface area contributed by atoms with E-state index in [2.05, 4.69) is 15.1 Å². The monoisotopic (exact) mass is 283 g/mol. The number of methoxy groups -OCH3 is 1. The Labute approximate surface area is 121 Å². The molecule has 21 heavy (non-hydrogen) atoms. The van der Waals surface area contributed by atoms with Gasteiger partial charge in [0.2, 0.25) is 5.82 Å². The van der Waals surface area contributed by atoms with Gasteiger partial charge in [-0.05, 0) is 30.7 Å². The van der Waals surface area contributed by atoms with Crippen LogP contribution in [0.15, 0.2) is 41.1 Å². The van der Waals surface area contributed by atoms with Gasteiger partial charge in [-0.3, -0.25) is 4.98 Å². The second-order valence-corrected chi connectivity index (χ2v) is 4.48. The molecule has 0 unspecified atom stereocenters. The zero-order valence-electron chi connectivity index (χ0n) is 11.6. The van der Waals surface area contributed by atoms with Crippen molar-refractivity contribution in [3.8, 4) is 34.5 Å². The van der Waals surface area contributed by atoms with E-state index in [0.717, 1.165) is 5.56 Å². The van der Waals surface area contributed by atoms with Crippen molar-refractivity contribution in [1.29, 1.82) is 0 Å². The molecule has 3 aromatic rings. The topological polar surface area (TPSA) is 81.3 Å². The lowest BCUT2D eigenvalue weighted by Crippen LogP contribution is -1.89. The molecule has 0 radical (unpaired) electrons. The summed E-state index contributed by atoms with van der Waals surface area (Å²) in [5.41, 5.74) is 2.05. The van der Waals surface area contributed by atoms with Gasteiger partial charge in [-0.2, -0.15) is 4.98 Å². The number of phenolic OH excluding ortho intramolecular Hbond substituents is 1. The quantitative estimate of drug-likeness (QED) is 0.796. The molecule has 0 spiro atoms. The van der Waals surface area contributed by atoms with E-state index in [0.29, 0.717) is 22.8 Å². The fourth-order valence-corrected chi connectivity index (χ4v) is 1.97. The Bertz CT molecular complexity index is 783. The zero-order chi connectivity index (χ0) is 14.8. The lowest BCUT2D eigenvalue weighted by Gasteiger charge is -2.02. The number of aromatic nitrogens is 3. The van der Waals surface area contributed by atoms with Crippen molar-refractivity contribution in [3.63, 3.8) is 0 Å². The summed E-state index contributed by atoms with van der Waals surface area (Å²) in [5, 5.41) is 13.9. The summed E-state index contributed by atoms with van der Waals surface area (Å²) < 4.78 is 10.3. The van der Waals surface area contributed by atoms with Crippen LogP contribution in [0.5, 0.6) is 11.5 Å². The van der Waals surface area contributed by atoms with E-state index < -0.39 is 0 Å². The molecule has 0 fully saturated rings. The van der Waals surface area contributed by atoms with Crippen LogP contribution in [-0.4, -0.2) is 27.3 Å². The first-order valence-electron chi connectivity index (χ1n) is 6.32. The van der Waals surface area contributed by atoms with E-state index in [-0.39, 0.29) is 11.6 Å². The first kappa shape index (κ1) is 13.1. The minimum Gasteiger partial charge on any atom is -0.507 e. The molecule has 1 aromatic carbocycles. The van der Waals surface area contributed by atoms with Crippen molar-refractivity contribution in [2.75, 3.05) is 7.11 Å². The molecule has 0 atom stereocenters. The Kier molecular flexibility index (Phi) is 3.27. The lowest BCUT2D eigenvalue weighted by atomic mass is 10.2. The molecule has 6 nitrogen and oxygen atoms in total. The van der Waals surface area contributed by atoms with Gasteiger partial charge in [0, 0.05) is 12.3 Å². The molecular formula is C15H13N3O3. The third kappa shape index (κ3) is 2.43. The van der Waals surface area contributed by atoms with Crippen LogP contribution in [0.2, 0.25) is 0 Å².